The van der Waals surface area contributed by atoms with Gasteiger partial charge >= 0.3 is 6.18 Å². The Balaban J connectivity index is 2.89. The molecule has 0 radical (unpaired) electrons. The van der Waals surface area contributed by atoms with Gasteiger partial charge in [-0.2, -0.15) is 18.3 Å². The Kier molecular flexibility index (Phi) is 4.67. The van der Waals surface area contributed by atoms with Crippen molar-refractivity contribution in [1.82, 2.24) is 14.7 Å². The Morgan fingerprint density at radius 2 is 1.95 bits per heavy atom. The quantitative estimate of drug-likeness (QED) is 0.921. The lowest BCUT2D eigenvalue weighted by Crippen LogP contribution is -2.44. The van der Waals surface area contributed by atoms with Gasteiger partial charge in [-0.15, -0.1) is 0 Å². The molecule has 0 saturated carbocycles. The SMILES string of the molecule is Cc1nn(CC(=O)N(CC(F)(F)F)C(C)C)c(C)c1N. The van der Waals surface area contributed by atoms with Crippen molar-refractivity contribution in [3.05, 3.63) is 11.4 Å². The van der Waals surface area contributed by atoms with Crippen molar-refractivity contribution in [1.29, 1.82) is 0 Å². The van der Waals surface area contributed by atoms with Gasteiger partial charge in [-0.3, -0.25) is 9.48 Å². The van der Waals surface area contributed by atoms with Crippen molar-refractivity contribution in [2.75, 3.05) is 12.3 Å². The Morgan fingerprint density at radius 1 is 1.40 bits per heavy atom. The molecule has 0 atom stereocenters. The average molecular weight is 292 g/mol. The molecule has 1 amide bonds. The first-order valence-corrected chi connectivity index (χ1v) is 6.18. The molecule has 0 aliphatic heterocycles. The van der Waals surface area contributed by atoms with Crippen LogP contribution in [0.15, 0.2) is 0 Å². The summed E-state index contributed by atoms with van der Waals surface area (Å²) in [6.07, 6.45) is -4.42. The highest BCUT2D eigenvalue weighted by molar-refractivity contribution is 5.76. The number of aromatic nitrogens is 2. The second-order valence-corrected chi connectivity index (χ2v) is 4.97. The Labute approximate surface area is 115 Å². The van der Waals surface area contributed by atoms with E-state index in [2.05, 4.69) is 5.10 Å². The first kappa shape index (κ1) is 16.3. The number of halogens is 3. The van der Waals surface area contributed by atoms with E-state index in [1.165, 1.54) is 4.68 Å². The van der Waals surface area contributed by atoms with E-state index >= 15 is 0 Å². The fourth-order valence-electron chi connectivity index (χ4n) is 1.84. The van der Waals surface area contributed by atoms with Crippen LogP contribution in [0.5, 0.6) is 0 Å². The number of hydrogen-bond acceptors (Lipinski definition) is 3. The van der Waals surface area contributed by atoms with Crippen LogP contribution in [0.4, 0.5) is 18.9 Å². The summed E-state index contributed by atoms with van der Waals surface area (Å²) < 4.78 is 38.8. The second kappa shape index (κ2) is 5.72. The van der Waals surface area contributed by atoms with Gasteiger partial charge in [0, 0.05) is 6.04 Å². The van der Waals surface area contributed by atoms with E-state index in [-0.39, 0.29) is 6.54 Å². The van der Waals surface area contributed by atoms with Crippen LogP contribution in [-0.2, 0) is 11.3 Å². The van der Waals surface area contributed by atoms with Crippen molar-refractivity contribution < 1.29 is 18.0 Å². The summed E-state index contributed by atoms with van der Waals surface area (Å²) in [6.45, 7) is 4.92. The molecule has 0 unspecified atom stereocenters. The van der Waals surface area contributed by atoms with E-state index in [9.17, 15) is 18.0 Å². The fraction of sp³-hybridized carbons (Fsp3) is 0.667. The zero-order valence-corrected chi connectivity index (χ0v) is 12.0. The van der Waals surface area contributed by atoms with Crippen LogP contribution < -0.4 is 5.73 Å². The van der Waals surface area contributed by atoms with Gasteiger partial charge in [0.1, 0.15) is 13.1 Å². The average Bonchev–Trinajstić information content (AvgIpc) is 2.52. The standard InChI is InChI=1S/C12H19F3N4O/c1-7(2)18(6-12(13,14)15)10(20)5-19-9(4)11(16)8(3)17-19/h7H,5-6,16H2,1-4H3. The summed E-state index contributed by atoms with van der Waals surface area (Å²) in [4.78, 5) is 12.8. The lowest BCUT2D eigenvalue weighted by atomic mass is 10.3. The van der Waals surface area contributed by atoms with Crippen molar-refractivity contribution in [2.45, 2.75) is 46.5 Å². The summed E-state index contributed by atoms with van der Waals surface area (Å²) >= 11 is 0. The molecule has 0 fully saturated rings. The zero-order chi connectivity index (χ0) is 15.7. The number of nitrogens with zero attached hydrogens (tertiary/aromatic N) is 3. The van der Waals surface area contributed by atoms with Crippen molar-refractivity contribution in [2.24, 2.45) is 0 Å². The number of anilines is 1. The summed E-state index contributed by atoms with van der Waals surface area (Å²) in [5.41, 5.74) is 7.31. The van der Waals surface area contributed by atoms with Gasteiger partial charge < -0.3 is 10.6 Å². The lowest BCUT2D eigenvalue weighted by molar-refractivity contribution is -0.165. The highest BCUT2D eigenvalue weighted by Gasteiger charge is 2.34. The van der Waals surface area contributed by atoms with Gasteiger partial charge in [0.25, 0.3) is 0 Å². The fourth-order valence-corrected chi connectivity index (χ4v) is 1.84. The summed E-state index contributed by atoms with van der Waals surface area (Å²) in [5, 5.41) is 4.05. The predicted octanol–water partition coefficient (Wildman–Crippen LogP) is 1.88. The second-order valence-electron chi connectivity index (χ2n) is 4.97. The maximum atomic E-state index is 12.5. The molecule has 0 aliphatic rings. The number of hydrogen-bond donors (Lipinski definition) is 1. The third-order valence-electron chi connectivity index (χ3n) is 3.02. The molecule has 0 spiro atoms. The molecular weight excluding hydrogens is 273 g/mol. The molecule has 2 N–H and O–H groups in total. The topological polar surface area (TPSA) is 64.2 Å². The monoisotopic (exact) mass is 292 g/mol. The largest absolute Gasteiger partial charge is 0.406 e. The van der Waals surface area contributed by atoms with E-state index in [4.69, 9.17) is 5.73 Å². The van der Waals surface area contributed by atoms with Crippen LogP contribution in [0.2, 0.25) is 0 Å². The van der Waals surface area contributed by atoms with Crippen LogP contribution in [0.25, 0.3) is 0 Å². The summed E-state index contributed by atoms with van der Waals surface area (Å²) in [5.74, 6) is -0.636. The van der Waals surface area contributed by atoms with E-state index < -0.39 is 24.7 Å². The summed E-state index contributed by atoms with van der Waals surface area (Å²) in [7, 11) is 0. The number of carbonyl (C=O) groups excluding carboxylic acids is 1. The molecule has 1 aromatic rings. The molecule has 1 heterocycles. The van der Waals surface area contributed by atoms with Gasteiger partial charge in [-0.1, -0.05) is 0 Å². The Morgan fingerprint density at radius 3 is 2.30 bits per heavy atom. The molecule has 0 bridgehead atoms. The van der Waals surface area contributed by atoms with Crippen LogP contribution in [0.3, 0.4) is 0 Å². The molecule has 1 rings (SSSR count). The molecule has 20 heavy (non-hydrogen) atoms. The van der Waals surface area contributed by atoms with Crippen LogP contribution in [-0.4, -0.2) is 39.4 Å². The first-order chi connectivity index (χ1) is 9.03. The van der Waals surface area contributed by atoms with Crippen LogP contribution in [0, 0.1) is 13.8 Å². The molecule has 5 nitrogen and oxygen atoms in total. The van der Waals surface area contributed by atoms with Crippen molar-refractivity contribution >= 4 is 11.6 Å². The predicted molar refractivity (Wildman–Crippen MR) is 69.0 cm³/mol. The van der Waals surface area contributed by atoms with Crippen molar-refractivity contribution in [3.63, 3.8) is 0 Å². The molecule has 0 aromatic carbocycles. The minimum atomic E-state index is -4.42. The van der Waals surface area contributed by atoms with Crippen LogP contribution >= 0.6 is 0 Å². The number of nitrogens with two attached hydrogens (primary N) is 1. The number of alkyl halides is 3. The normalized spacial score (nSPS) is 12.0. The van der Waals surface area contributed by atoms with Crippen molar-refractivity contribution in [3.8, 4) is 0 Å². The molecule has 114 valence electrons. The van der Waals surface area contributed by atoms with Gasteiger partial charge in [-0.25, -0.2) is 0 Å². The lowest BCUT2D eigenvalue weighted by Gasteiger charge is -2.27. The highest BCUT2D eigenvalue weighted by Crippen LogP contribution is 2.19. The first-order valence-electron chi connectivity index (χ1n) is 6.18. The van der Waals surface area contributed by atoms with E-state index in [0.717, 1.165) is 4.90 Å². The Hall–Kier alpha value is -1.73. The van der Waals surface area contributed by atoms with Gasteiger partial charge in [0.15, 0.2) is 0 Å². The van der Waals surface area contributed by atoms with Gasteiger partial charge in [0.2, 0.25) is 5.91 Å². The number of rotatable bonds is 4. The minimum Gasteiger partial charge on any atom is -0.396 e. The number of aryl methyl sites for hydroxylation is 1. The molecule has 1 aromatic heterocycles. The molecule has 0 aliphatic carbocycles. The molecule has 8 heteroatoms. The summed E-state index contributed by atoms with van der Waals surface area (Å²) in [6, 6.07) is -0.543. The number of nitrogen functional groups attached to an aromatic ring is 1. The highest BCUT2D eigenvalue weighted by atomic mass is 19.4. The molecular formula is C12H19F3N4O. The molecule has 0 saturated heterocycles. The Bertz CT molecular complexity index is 494. The van der Waals surface area contributed by atoms with E-state index in [1.807, 2.05) is 0 Å². The van der Waals surface area contributed by atoms with E-state index in [1.54, 1.807) is 27.7 Å². The number of carbonyl (C=O) groups is 1. The third-order valence-corrected chi connectivity index (χ3v) is 3.02. The smallest absolute Gasteiger partial charge is 0.396 e. The number of amides is 1. The maximum absolute atomic E-state index is 12.5. The maximum Gasteiger partial charge on any atom is 0.406 e. The van der Waals surface area contributed by atoms with E-state index in [0.29, 0.717) is 17.1 Å². The zero-order valence-electron chi connectivity index (χ0n) is 12.0. The van der Waals surface area contributed by atoms with Crippen LogP contribution in [0.1, 0.15) is 25.2 Å². The minimum absolute atomic E-state index is 0.252. The third kappa shape index (κ3) is 3.88. The van der Waals surface area contributed by atoms with Gasteiger partial charge in [0.05, 0.1) is 17.1 Å². The van der Waals surface area contributed by atoms with Gasteiger partial charge in [-0.05, 0) is 27.7 Å².